The van der Waals surface area contributed by atoms with E-state index in [-0.39, 0.29) is 11.9 Å². The average Bonchev–Trinajstić information content (AvgIpc) is 2.42. The molecule has 4 heteroatoms. The highest BCUT2D eigenvalue weighted by molar-refractivity contribution is 5.34. The summed E-state index contributed by atoms with van der Waals surface area (Å²) in [7, 11) is 3.32. The van der Waals surface area contributed by atoms with Crippen molar-refractivity contribution in [3.05, 3.63) is 41.4 Å². The van der Waals surface area contributed by atoms with E-state index in [0.29, 0.717) is 17.9 Å². The average molecular weight is 251 g/mol. The molecule has 0 bridgehead atoms. The van der Waals surface area contributed by atoms with Gasteiger partial charge in [0.15, 0.2) is 0 Å². The maximum Gasteiger partial charge on any atom is 0.132 e. The summed E-state index contributed by atoms with van der Waals surface area (Å²) in [5, 5.41) is 3.09. The van der Waals surface area contributed by atoms with Crippen LogP contribution in [-0.4, -0.2) is 20.8 Å². The Morgan fingerprint density at radius 3 is 2.83 bits per heavy atom. The molecule has 1 aliphatic rings. The van der Waals surface area contributed by atoms with E-state index >= 15 is 0 Å². The Morgan fingerprint density at radius 2 is 2.28 bits per heavy atom. The maximum atomic E-state index is 14.0. The van der Waals surface area contributed by atoms with Crippen molar-refractivity contribution in [2.45, 2.75) is 18.9 Å². The second-order valence-electron chi connectivity index (χ2n) is 4.21. The zero-order valence-corrected chi connectivity index (χ0v) is 10.7. The van der Waals surface area contributed by atoms with Gasteiger partial charge in [0.2, 0.25) is 0 Å². The number of benzene rings is 1. The molecule has 1 heterocycles. The maximum absolute atomic E-state index is 14.0. The van der Waals surface area contributed by atoms with Gasteiger partial charge in [-0.25, -0.2) is 4.39 Å². The SMILES string of the molecule is CNC(C1=CCCCO1)c1ccc(OC)cc1F. The third-order valence-corrected chi connectivity index (χ3v) is 3.05. The number of allylic oxidation sites excluding steroid dienone is 1. The molecule has 18 heavy (non-hydrogen) atoms. The number of hydrogen-bond acceptors (Lipinski definition) is 3. The Morgan fingerprint density at radius 1 is 1.44 bits per heavy atom. The Kier molecular flexibility index (Phi) is 4.20. The molecular formula is C14H18FNO2. The second-order valence-corrected chi connectivity index (χ2v) is 4.21. The minimum atomic E-state index is -0.288. The van der Waals surface area contributed by atoms with Gasteiger partial charge < -0.3 is 14.8 Å². The summed E-state index contributed by atoms with van der Waals surface area (Å²) in [6.45, 7) is 0.696. The summed E-state index contributed by atoms with van der Waals surface area (Å²) in [5.41, 5.74) is 0.575. The van der Waals surface area contributed by atoms with Crippen molar-refractivity contribution in [1.29, 1.82) is 0 Å². The summed E-state index contributed by atoms with van der Waals surface area (Å²) >= 11 is 0. The van der Waals surface area contributed by atoms with Crippen LogP contribution in [0.3, 0.4) is 0 Å². The second kappa shape index (κ2) is 5.87. The van der Waals surface area contributed by atoms with Crippen molar-refractivity contribution in [3.8, 4) is 5.75 Å². The standard InChI is InChI=1S/C14H18FNO2/c1-16-14(13-5-3-4-8-18-13)11-7-6-10(17-2)9-12(11)15/h5-7,9,14,16H,3-4,8H2,1-2H3. The van der Waals surface area contributed by atoms with E-state index in [1.54, 1.807) is 19.2 Å². The summed E-state index contributed by atoms with van der Waals surface area (Å²) in [5.74, 6) is 1.03. The number of likely N-dealkylation sites (N-methyl/N-ethyl adjacent to an activating group) is 1. The molecular weight excluding hydrogens is 233 g/mol. The topological polar surface area (TPSA) is 30.5 Å². The van der Waals surface area contributed by atoms with Crippen molar-refractivity contribution in [2.75, 3.05) is 20.8 Å². The summed E-state index contributed by atoms with van der Waals surface area (Å²) in [4.78, 5) is 0. The van der Waals surface area contributed by atoms with Gasteiger partial charge in [-0.05, 0) is 32.0 Å². The van der Waals surface area contributed by atoms with Crippen molar-refractivity contribution in [2.24, 2.45) is 0 Å². The van der Waals surface area contributed by atoms with Gasteiger partial charge in [0, 0.05) is 11.6 Å². The van der Waals surface area contributed by atoms with Crippen LogP contribution >= 0.6 is 0 Å². The monoisotopic (exact) mass is 251 g/mol. The van der Waals surface area contributed by atoms with Crippen LogP contribution in [0.4, 0.5) is 4.39 Å². The molecule has 1 N–H and O–H groups in total. The van der Waals surface area contributed by atoms with Crippen LogP contribution in [0.2, 0.25) is 0 Å². The molecule has 0 aliphatic carbocycles. The van der Waals surface area contributed by atoms with E-state index in [2.05, 4.69) is 5.32 Å². The molecule has 0 fully saturated rings. The molecule has 0 saturated heterocycles. The zero-order chi connectivity index (χ0) is 13.0. The summed E-state index contributed by atoms with van der Waals surface area (Å²) in [6, 6.07) is 4.64. The van der Waals surface area contributed by atoms with Crippen LogP contribution < -0.4 is 10.1 Å². The van der Waals surface area contributed by atoms with E-state index in [0.717, 1.165) is 18.6 Å². The Hall–Kier alpha value is -1.55. The van der Waals surface area contributed by atoms with Crippen molar-refractivity contribution in [1.82, 2.24) is 5.32 Å². The lowest BCUT2D eigenvalue weighted by Gasteiger charge is -2.24. The van der Waals surface area contributed by atoms with Crippen molar-refractivity contribution in [3.63, 3.8) is 0 Å². The highest BCUT2D eigenvalue weighted by Gasteiger charge is 2.21. The predicted octanol–water partition coefficient (Wildman–Crippen LogP) is 2.79. The van der Waals surface area contributed by atoms with Gasteiger partial charge in [-0.3, -0.25) is 0 Å². The van der Waals surface area contributed by atoms with Gasteiger partial charge in [-0.15, -0.1) is 0 Å². The van der Waals surface area contributed by atoms with Crippen molar-refractivity contribution < 1.29 is 13.9 Å². The molecule has 1 aliphatic heterocycles. The molecule has 1 aromatic carbocycles. The van der Waals surface area contributed by atoms with Gasteiger partial charge in [-0.1, -0.05) is 6.07 Å². The number of ether oxygens (including phenoxy) is 2. The molecule has 0 aromatic heterocycles. The quantitative estimate of drug-likeness (QED) is 0.892. The predicted molar refractivity (Wildman–Crippen MR) is 68.0 cm³/mol. The fourth-order valence-electron chi connectivity index (χ4n) is 2.10. The molecule has 0 radical (unpaired) electrons. The highest BCUT2D eigenvalue weighted by Crippen LogP contribution is 2.29. The first-order chi connectivity index (χ1) is 8.76. The van der Waals surface area contributed by atoms with Gasteiger partial charge >= 0.3 is 0 Å². The molecule has 0 spiro atoms. The normalized spacial score (nSPS) is 16.7. The minimum Gasteiger partial charge on any atom is -0.497 e. The lowest BCUT2D eigenvalue weighted by Crippen LogP contribution is -2.23. The third-order valence-electron chi connectivity index (χ3n) is 3.05. The molecule has 1 atom stereocenters. The van der Waals surface area contributed by atoms with Crippen LogP contribution in [0, 0.1) is 5.82 Å². The lowest BCUT2D eigenvalue weighted by molar-refractivity contribution is 0.168. The van der Waals surface area contributed by atoms with Crippen LogP contribution in [0.15, 0.2) is 30.0 Å². The third kappa shape index (κ3) is 2.64. The first kappa shape index (κ1) is 12.9. The molecule has 1 aromatic rings. The molecule has 1 unspecified atom stereocenters. The van der Waals surface area contributed by atoms with Crippen LogP contribution in [0.25, 0.3) is 0 Å². The molecule has 0 amide bonds. The van der Waals surface area contributed by atoms with E-state index in [4.69, 9.17) is 9.47 Å². The Bertz CT molecular complexity index is 445. The van der Waals surface area contributed by atoms with E-state index < -0.39 is 0 Å². The van der Waals surface area contributed by atoms with Crippen LogP contribution in [0.1, 0.15) is 24.4 Å². The molecule has 98 valence electrons. The molecule has 3 nitrogen and oxygen atoms in total. The fourth-order valence-corrected chi connectivity index (χ4v) is 2.10. The fraction of sp³-hybridized carbons (Fsp3) is 0.429. The van der Waals surface area contributed by atoms with Gasteiger partial charge in [0.25, 0.3) is 0 Å². The van der Waals surface area contributed by atoms with E-state index in [9.17, 15) is 4.39 Å². The molecule has 0 saturated carbocycles. The first-order valence-corrected chi connectivity index (χ1v) is 6.10. The Labute approximate surface area is 107 Å². The smallest absolute Gasteiger partial charge is 0.132 e. The Balaban J connectivity index is 2.29. The van der Waals surface area contributed by atoms with E-state index in [1.165, 1.54) is 13.2 Å². The number of hydrogen-bond donors (Lipinski definition) is 1. The van der Waals surface area contributed by atoms with Gasteiger partial charge in [0.05, 0.1) is 19.8 Å². The highest BCUT2D eigenvalue weighted by atomic mass is 19.1. The zero-order valence-electron chi connectivity index (χ0n) is 10.7. The molecule has 2 rings (SSSR count). The number of halogens is 1. The minimum absolute atomic E-state index is 0.240. The largest absolute Gasteiger partial charge is 0.497 e. The number of nitrogens with one attached hydrogen (secondary N) is 1. The van der Waals surface area contributed by atoms with Crippen LogP contribution in [-0.2, 0) is 4.74 Å². The summed E-state index contributed by atoms with van der Waals surface area (Å²) < 4.78 is 24.6. The summed E-state index contributed by atoms with van der Waals surface area (Å²) in [6.07, 6.45) is 4.02. The number of methoxy groups -OCH3 is 1. The van der Waals surface area contributed by atoms with Gasteiger partial charge in [0.1, 0.15) is 17.3 Å². The lowest BCUT2D eigenvalue weighted by atomic mass is 10.0. The van der Waals surface area contributed by atoms with E-state index in [1.807, 2.05) is 6.08 Å². The first-order valence-electron chi connectivity index (χ1n) is 6.10. The van der Waals surface area contributed by atoms with Crippen molar-refractivity contribution >= 4 is 0 Å². The van der Waals surface area contributed by atoms with Crippen LogP contribution in [0.5, 0.6) is 5.75 Å². The van der Waals surface area contributed by atoms with Gasteiger partial charge in [-0.2, -0.15) is 0 Å². The number of rotatable bonds is 4.